The molecule has 0 aliphatic heterocycles. The number of para-hydroxylation sites is 1. The summed E-state index contributed by atoms with van der Waals surface area (Å²) in [6.07, 6.45) is 1.23. The lowest BCUT2D eigenvalue weighted by Crippen LogP contribution is -2.53. The lowest BCUT2D eigenvalue weighted by atomic mass is 10.0. The number of ether oxygens (including phenoxy) is 1. The predicted octanol–water partition coefficient (Wildman–Crippen LogP) is 6.05. The number of aryl methyl sites for hydroxylation is 1. The Morgan fingerprint density at radius 1 is 0.892 bits per heavy atom. The second kappa shape index (κ2) is 13.6. The van der Waals surface area contributed by atoms with Gasteiger partial charge >= 0.3 is 0 Å². The van der Waals surface area contributed by atoms with Crippen LogP contribution in [-0.2, 0) is 22.6 Å². The lowest BCUT2D eigenvalue weighted by Gasteiger charge is -2.32. The van der Waals surface area contributed by atoms with Crippen LogP contribution in [0.3, 0.4) is 0 Å². The number of benzene rings is 3. The van der Waals surface area contributed by atoms with E-state index in [1.165, 1.54) is 0 Å². The topological polar surface area (TPSA) is 58.6 Å². The van der Waals surface area contributed by atoms with E-state index in [-0.39, 0.29) is 30.4 Å². The van der Waals surface area contributed by atoms with Crippen molar-refractivity contribution in [3.63, 3.8) is 0 Å². The van der Waals surface area contributed by atoms with Gasteiger partial charge in [-0.25, -0.2) is 0 Å². The zero-order chi connectivity index (χ0) is 26.8. The zero-order valence-corrected chi connectivity index (χ0v) is 22.7. The van der Waals surface area contributed by atoms with Gasteiger partial charge in [-0.2, -0.15) is 0 Å². The Labute approximate surface area is 221 Å². The largest absolute Gasteiger partial charge is 0.483 e. The van der Waals surface area contributed by atoms with Gasteiger partial charge in [0.2, 0.25) is 5.91 Å². The zero-order valence-electron chi connectivity index (χ0n) is 22.7. The van der Waals surface area contributed by atoms with E-state index in [9.17, 15) is 9.59 Å². The molecule has 0 bridgehead atoms. The Kier molecular flexibility index (Phi) is 10.3. The smallest absolute Gasteiger partial charge is 0.261 e. The molecule has 0 aromatic heterocycles. The molecule has 5 nitrogen and oxygen atoms in total. The summed E-state index contributed by atoms with van der Waals surface area (Å²) in [5.74, 6) is 0.592. The molecule has 2 unspecified atom stereocenters. The Bertz CT molecular complexity index is 1160. The van der Waals surface area contributed by atoms with Crippen LogP contribution in [0.2, 0.25) is 0 Å². The Hall–Kier alpha value is -3.60. The average Bonchev–Trinajstić information content (AvgIpc) is 2.89. The third kappa shape index (κ3) is 8.21. The van der Waals surface area contributed by atoms with Crippen molar-refractivity contribution in [3.05, 3.63) is 101 Å². The minimum Gasteiger partial charge on any atom is -0.483 e. The SMILES string of the molecule is CCC(C)NC(=O)C(Cc1ccccc1)N(Cc1cccc(C)c1)C(=O)COc1ccccc1C(C)C. The van der Waals surface area contributed by atoms with Gasteiger partial charge in [0.05, 0.1) is 0 Å². The molecule has 37 heavy (non-hydrogen) atoms. The van der Waals surface area contributed by atoms with Crippen molar-refractivity contribution in [1.29, 1.82) is 0 Å². The van der Waals surface area contributed by atoms with Crippen LogP contribution in [0.15, 0.2) is 78.9 Å². The van der Waals surface area contributed by atoms with Crippen LogP contribution in [0.1, 0.15) is 62.3 Å². The maximum Gasteiger partial charge on any atom is 0.261 e. The summed E-state index contributed by atoms with van der Waals surface area (Å²) in [4.78, 5) is 29.1. The first-order valence-electron chi connectivity index (χ1n) is 13.2. The van der Waals surface area contributed by atoms with E-state index in [2.05, 4.69) is 25.2 Å². The molecule has 3 rings (SSSR count). The number of nitrogens with zero attached hydrogens (tertiary/aromatic N) is 1. The van der Waals surface area contributed by atoms with Crippen molar-refractivity contribution in [2.75, 3.05) is 6.61 Å². The van der Waals surface area contributed by atoms with Gasteiger partial charge in [-0.1, -0.05) is 99.1 Å². The van der Waals surface area contributed by atoms with Crippen LogP contribution in [-0.4, -0.2) is 35.4 Å². The van der Waals surface area contributed by atoms with Gasteiger partial charge in [0.15, 0.2) is 6.61 Å². The van der Waals surface area contributed by atoms with Gasteiger partial charge in [-0.05, 0) is 48.9 Å². The Morgan fingerprint density at radius 3 is 2.24 bits per heavy atom. The molecule has 0 aliphatic rings. The number of rotatable bonds is 12. The van der Waals surface area contributed by atoms with Crippen LogP contribution in [0, 0.1) is 6.92 Å². The van der Waals surface area contributed by atoms with Crippen molar-refractivity contribution in [3.8, 4) is 5.75 Å². The van der Waals surface area contributed by atoms with Gasteiger partial charge < -0.3 is 15.0 Å². The fourth-order valence-electron chi connectivity index (χ4n) is 4.31. The van der Waals surface area contributed by atoms with E-state index >= 15 is 0 Å². The molecule has 2 atom stereocenters. The van der Waals surface area contributed by atoms with Crippen molar-refractivity contribution >= 4 is 11.8 Å². The number of hydrogen-bond donors (Lipinski definition) is 1. The quantitative estimate of drug-likeness (QED) is 0.329. The maximum absolute atomic E-state index is 13.8. The monoisotopic (exact) mass is 500 g/mol. The van der Waals surface area contributed by atoms with E-state index in [4.69, 9.17) is 4.74 Å². The fraction of sp³-hybridized carbons (Fsp3) is 0.375. The normalized spacial score (nSPS) is 12.6. The molecular formula is C32H40N2O3. The lowest BCUT2D eigenvalue weighted by molar-refractivity contribution is -0.143. The van der Waals surface area contributed by atoms with Crippen LogP contribution in [0.4, 0.5) is 0 Å². The molecule has 5 heteroatoms. The third-order valence-corrected chi connectivity index (χ3v) is 6.60. The van der Waals surface area contributed by atoms with Gasteiger partial charge in [0.25, 0.3) is 5.91 Å². The first-order chi connectivity index (χ1) is 17.8. The second-order valence-electron chi connectivity index (χ2n) is 10.0. The molecule has 0 heterocycles. The van der Waals surface area contributed by atoms with Gasteiger partial charge in [0, 0.05) is 19.0 Å². The summed E-state index contributed by atoms with van der Waals surface area (Å²) < 4.78 is 6.06. The summed E-state index contributed by atoms with van der Waals surface area (Å²) >= 11 is 0. The highest BCUT2D eigenvalue weighted by molar-refractivity contribution is 5.88. The van der Waals surface area contributed by atoms with E-state index in [0.717, 1.165) is 28.7 Å². The molecular weight excluding hydrogens is 460 g/mol. The Morgan fingerprint density at radius 2 is 1.57 bits per heavy atom. The molecule has 0 saturated heterocycles. The van der Waals surface area contributed by atoms with E-state index in [1.807, 2.05) is 93.6 Å². The number of carbonyl (C=O) groups is 2. The number of carbonyl (C=O) groups excluding carboxylic acids is 2. The minimum atomic E-state index is -0.673. The maximum atomic E-state index is 13.8. The van der Waals surface area contributed by atoms with Crippen molar-refractivity contribution < 1.29 is 14.3 Å². The molecule has 196 valence electrons. The van der Waals surface area contributed by atoms with Crippen LogP contribution >= 0.6 is 0 Å². The molecule has 0 radical (unpaired) electrons. The molecule has 0 saturated carbocycles. The summed E-state index contributed by atoms with van der Waals surface area (Å²) in [6, 6.07) is 25.0. The summed E-state index contributed by atoms with van der Waals surface area (Å²) in [6.45, 7) is 10.4. The first kappa shape index (κ1) is 28.0. The Balaban J connectivity index is 1.94. The van der Waals surface area contributed by atoms with Crippen molar-refractivity contribution in [1.82, 2.24) is 10.2 Å². The van der Waals surface area contributed by atoms with Crippen LogP contribution in [0.25, 0.3) is 0 Å². The summed E-state index contributed by atoms with van der Waals surface area (Å²) in [7, 11) is 0. The number of nitrogens with one attached hydrogen (secondary N) is 1. The van der Waals surface area contributed by atoms with Crippen LogP contribution < -0.4 is 10.1 Å². The molecule has 3 aromatic rings. The highest BCUT2D eigenvalue weighted by Gasteiger charge is 2.31. The second-order valence-corrected chi connectivity index (χ2v) is 10.0. The standard InChI is InChI=1S/C32H40N2O3/c1-6-25(5)33-32(36)29(20-26-14-8-7-9-15-26)34(21-27-16-12-13-24(4)19-27)31(35)22-37-30-18-11-10-17-28(30)23(2)3/h7-19,23,25,29H,6,20-22H2,1-5H3,(H,33,36). The van der Waals surface area contributed by atoms with Crippen molar-refractivity contribution in [2.45, 2.75) is 72.0 Å². The van der Waals surface area contributed by atoms with E-state index in [0.29, 0.717) is 18.7 Å². The first-order valence-corrected chi connectivity index (χ1v) is 13.2. The summed E-state index contributed by atoms with van der Waals surface area (Å²) in [5, 5.41) is 3.11. The molecule has 1 N–H and O–H groups in total. The van der Waals surface area contributed by atoms with Crippen molar-refractivity contribution in [2.24, 2.45) is 0 Å². The third-order valence-electron chi connectivity index (χ3n) is 6.60. The molecule has 3 aromatic carbocycles. The molecule has 2 amide bonds. The summed E-state index contributed by atoms with van der Waals surface area (Å²) in [5.41, 5.74) is 4.14. The average molecular weight is 501 g/mol. The highest BCUT2D eigenvalue weighted by Crippen LogP contribution is 2.26. The number of hydrogen-bond acceptors (Lipinski definition) is 3. The molecule has 0 fully saturated rings. The minimum absolute atomic E-state index is 0.0101. The molecule has 0 aliphatic carbocycles. The van der Waals surface area contributed by atoms with E-state index < -0.39 is 6.04 Å². The predicted molar refractivity (Wildman–Crippen MR) is 150 cm³/mol. The van der Waals surface area contributed by atoms with Gasteiger partial charge in [-0.15, -0.1) is 0 Å². The van der Waals surface area contributed by atoms with Gasteiger partial charge in [-0.3, -0.25) is 9.59 Å². The number of amides is 2. The van der Waals surface area contributed by atoms with Gasteiger partial charge in [0.1, 0.15) is 11.8 Å². The van der Waals surface area contributed by atoms with Crippen LogP contribution in [0.5, 0.6) is 5.75 Å². The highest BCUT2D eigenvalue weighted by atomic mass is 16.5. The fourth-order valence-corrected chi connectivity index (χ4v) is 4.31. The van der Waals surface area contributed by atoms with E-state index in [1.54, 1.807) is 4.90 Å². The molecule has 0 spiro atoms.